The number of anilines is 2. The Labute approximate surface area is 502 Å². The first-order valence-corrected chi connectivity index (χ1v) is 30.3. The molecule has 1 saturated heterocycles. The summed E-state index contributed by atoms with van der Waals surface area (Å²) in [5.74, 6) is 1.28. The number of nitrogens with one attached hydrogen (secondary N) is 3. The van der Waals surface area contributed by atoms with E-state index in [0.29, 0.717) is 126 Å². The van der Waals surface area contributed by atoms with Gasteiger partial charge < -0.3 is 53.9 Å². The number of carbonyl (C=O) groups is 4. The highest BCUT2D eigenvalue weighted by Gasteiger charge is 2.41. The van der Waals surface area contributed by atoms with E-state index in [0.717, 1.165) is 85.6 Å². The first-order chi connectivity index (χ1) is 40.9. The molecule has 1 aliphatic carbocycles. The first kappa shape index (κ1) is 63.1. The van der Waals surface area contributed by atoms with Gasteiger partial charge in [-0.1, -0.05) is 70.9 Å². The minimum absolute atomic E-state index is 0.0264. The van der Waals surface area contributed by atoms with Gasteiger partial charge in [0.1, 0.15) is 24.1 Å². The molecule has 1 unspecified atom stereocenters. The molecule has 2 aliphatic rings. The largest absolute Gasteiger partial charge is 0.494 e. The number of benzene rings is 4. The fourth-order valence-corrected chi connectivity index (χ4v) is 10.2. The van der Waals surface area contributed by atoms with Crippen LogP contribution in [-0.2, 0) is 60.9 Å². The Balaban J connectivity index is 0.600. The number of hydrogen-bond acceptors (Lipinski definition) is 15. The van der Waals surface area contributed by atoms with Crippen molar-refractivity contribution in [2.75, 3.05) is 117 Å². The molecule has 22 heteroatoms. The lowest BCUT2D eigenvalue weighted by molar-refractivity contribution is -0.141. The number of rotatable bonds is 35. The third-order valence-corrected chi connectivity index (χ3v) is 15.5. The van der Waals surface area contributed by atoms with E-state index in [-0.39, 0.29) is 30.2 Å². The average Bonchev–Trinajstić information content (AvgIpc) is 3.45. The molecule has 8 rings (SSSR count). The lowest BCUT2D eigenvalue weighted by Gasteiger charge is -2.32. The number of urea groups is 1. The Morgan fingerprint density at radius 3 is 2.14 bits per heavy atom. The number of unbranched alkanes of at least 4 members (excludes halogenated alkanes) is 1. The van der Waals surface area contributed by atoms with E-state index in [1.54, 1.807) is 46.5 Å². The SMILES string of the molecule is Cc1ccc(C(C(=O)NCc2ccc(Cl)cc2)N(C(=O)CCc2ccc(OCCCCN(C)CCOCCOCCc3cn(CCOCCOc4ccc(NC(=O)Nc5nc(CC(=O)N6CCN(C)CC6)cs5)cc4)nn3)cc2)C2CC2)cc1. The van der Waals surface area contributed by atoms with E-state index < -0.39 is 12.1 Å². The van der Waals surface area contributed by atoms with Crippen molar-refractivity contribution in [2.24, 2.45) is 0 Å². The molecular formula is C62H80ClN11O9S. The Bertz CT molecular complexity index is 2960. The maximum atomic E-state index is 14.0. The summed E-state index contributed by atoms with van der Waals surface area (Å²) in [5.41, 5.74) is 5.96. The number of hydrogen-bond donors (Lipinski definition) is 3. The number of nitrogens with zero attached hydrogens (tertiary/aromatic N) is 8. The Hall–Kier alpha value is -6.98. The van der Waals surface area contributed by atoms with Gasteiger partial charge in [0, 0.05) is 80.4 Å². The molecule has 1 saturated carbocycles. The Morgan fingerprint density at radius 1 is 0.726 bits per heavy atom. The summed E-state index contributed by atoms with van der Waals surface area (Å²) < 4.78 is 31.0. The molecule has 1 aliphatic heterocycles. The molecular weight excluding hydrogens is 1110 g/mol. The number of ether oxygens (including phenoxy) is 5. The van der Waals surface area contributed by atoms with Gasteiger partial charge in [-0.25, -0.2) is 14.5 Å². The molecule has 20 nitrogen and oxygen atoms in total. The number of carbonyl (C=O) groups excluding carboxylic acids is 4. The predicted octanol–water partition coefficient (Wildman–Crippen LogP) is 8.10. The summed E-state index contributed by atoms with van der Waals surface area (Å²) in [6.07, 6.45) is 7.32. The maximum Gasteiger partial charge on any atom is 0.325 e. The number of piperazine rings is 1. The van der Waals surface area contributed by atoms with Crippen LogP contribution in [0.15, 0.2) is 109 Å². The molecule has 450 valence electrons. The zero-order valence-electron chi connectivity index (χ0n) is 48.6. The third-order valence-electron chi connectivity index (χ3n) is 14.4. The lowest BCUT2D eigenvalue weighted by atomic mass is 10.0. The molecule has 84 heavy (non-hydrogen) atoms. The van der Waals surface area contributed by atoms with E-state index in [1.165, 1.54) is 11.3 Å². The number of amides is 5. The van der Waals surface area contributed by atoms with Gasteiger partial charge in [0.05, 0.1) is 70.6 Å². The molecule has 0 radical (unpaired) electrons. The quantitative estimate of drug-likeness (QED) is 0.0322. The number of thiazole rings is 1. The lowest BCUT2D eigenvalue weighted by Crippen LogP contribution is -2.47. The van der Waals surface area contributed by atoms with Crippen molar-refractivity contribution in [1.82, 2.24) is 44.9 Å². The van der Waals surface area contributed by atoms with Crippen molar-refractivity contribution < 1.29 is 42.9 Å². The Morgan fingerprint density at radius 2 is 1.40 bits per heavy atom. The summed E-state index contributed by atoms with van der Waals surface area (Å²) in [4.78, 5) is 65.6. The smallest absolute Gasteiger partial charge is 0.325 e. The average molecular weight is 1190 g/mol. The van der Waals surface area contributed by atoms with Gasteiger partial charge in [-0.05, 0) is 125 Å². The first-order valence-electron chi connectivity index (χ1n) is 29.0. The summed E-state index contributed by atoms with van der Waals surface area (Å²) in [5, 5.41) is 19.9. The van der Waals surface area contributed by atoms with Crippen molar-refractivity contribution >= 4 is 57.5 Å². The second-order valence-corrected chi connectivity index (χ2v) is 22.5. The van der Waals surface area contributed by atoms with Crippen molar-refractivity contribution in [3.63, 3.8) is 0 Å². The molecule has 6 aromatic rings. The highest BCUT2D eigenvalue weighted by molar-refractivity contribution is 7.14. The van der Waals surface area contributed by atoms with Crippen LogP contribution in [0.5, 0.6) is 11.5 Å². The molecule has 4 aromatic carbocycles. The predicted molar refractivity (Wildman–Crippen MR) is 325 cm³/mol. The topological polar surface area (TPSA) is 207 Å². The van der Waals surface area contributed by atoms with E-state index in [1.807, 2.05) is 90.6 Å². The number of halogens is 1. The van der Waals surface area contributed by atoms with Crippen LogP contribution in [0.1, 0.15) is 71.8 Å². The van der Waals surface area contributed by atoms with E-state index >= 15 is 0 Å². The molecule has 3 N–H and O–H groups in total. The van der Waals surface area contributed by atoms with Gasteiger partial charge in [0.15, 0.2) is 5.13 Å². The van der Waals surface area contributed by atoms with Crippen LogP contribution in [0.4, 0.5) is 15.6 Å². The van der Waals surface area contributed by atoms with Crippen molar-refractivity contribution in [1.29, 1.82) is 0 Å². The summed E-state index contributed by atoms with van der Waals surface area (Å²) in [6.45, 7) is 11.8. The van der Waals surface area contributed by atoms with Crippen LogP contribution < -0.4 is 25.4 Å². The van der Waals surface area contributed by atoms with Gasteiger partial charge in [0.2, 0.25) is 17.7 Å². The highest BCUT2D eigenvalue weighted by atomic mass is 35.5. The van der Waals surface area contributed by atoms with Gasteiger partial charge >= 0.3 is 6.03 Å². The standard InChI is InChI=1S/C62H80ClN11O9S/c1-46-6-13-49(14-7-46)59(60(77)64-43-48-8-15-50(63)16-9-48)74(54-19-20-54)57(75)25-12-47-10-21-55(22-11-47)82-34-5-4-27-70(2)32-36-80-39-38-79-35-26-52-44-73(69-68-52)33-37-81-40-41-83-56-23-17-51(18-24-56)65-61(78)67-62-66-53(45-84-62)42-58(76)72-30-28-71(3)29-31-72/h6-11,13-18,21-24,44-45,54,59H,4-5,12,19-20,25-43H2,1-3H3,(H,64,77)(H2,65,66,67,78). The molecule has 1 atom stereocenters. The van der Waals surface area contributed by atoms with Gasteiger partial charge in [-0.15, -0.1) is 16.4 Å². The molecule has 0 bridgehead atoms. The molecule has 5 amide bonds. The fourth-order valence-electron chi connectivity index (χ4n) is 9.33. The van der Waals surface area contributed by atoms with Crippen LogP contribution in [0.3, 0.4) is 0 Å². The van der Waals surface area contributed by atoms with Crippen molar-refractivity contribution in [3.8, 4) is 11.5 Å². The summed E-state index contributed by atoms with van der Waals surface area (Å²) >= 11 is 7.36. The fraction of sp³-hybridized carbons (Fsp3) is 0.468. The minimum Gasteiger partial charge on any atom is -0.494 e. The number of aromatic nitrogens is 4. The van der Waals surface area contributed by atoms with Gasteiger partial charge in [-0.2, -0.15) is 0 Å². The van der Waals surface area contributed by atoms with Crippen molar-refractivity contribution in [3.05, 3.63) is 147 Å². The maximum absolute atomic E-state index is 14.0. The van der Waals surface area contributed by atoms with E-state index in [9.17, 15) is 19.2 Å². The molecule has 2 fully saturated rings. The van der Waals surface area contributed by atoms with E-state index in [2.05, 4.69) is 48.1 Å². The van der Waals surface area contributed by atoms with Crippen LogP contribution in [0.25, 0.3) is 0 Å². The zero-order valence-corrected chi connectivity index (χ0v) is 50.1. The van der Waals surface area contributed by atoms with Crippen LogP contribution in [-0.4, -0.2) is 176 Å². The van der Waals surface area contributed by atoms with E-state index in [4.69, 9.17) is 35.3 Å². The van der Waals surface area contributed by atoms with Crippen LogP contribution >= 0.6 is 22.9 Å². The third kappa shape index (κ3) is 21.6. The number of aryl methyl sites for hydroxylation is 2. The zero-order chi connectivity index (χ0) is 58.9. The molecule has 0 spiro atoms. The second kappa shape index (κ2) is 33.5. The number of likely N-dealkylation sites (N-methyl/N-ethyl adjacent to an activating group) is 2. The van der Waals surface area contributed by atoms with Gasteiger partial charge in [0.25, 0.3) is 0 Å². The minimum atomic E-state index is -0.715. The van der Waals surface area contributed by atoms with Crippen molar-refractivity contribution in [2.45, 2.75) is 83.5 Å². The monoisotopic (exact) mass is 1190 g/mol. The van der Waals surface area contributed by atoms with Gasteiger partial charge in [-0.3, -0.25) is 19.7 Å². The molecule has 2 aromatic heterocycles. The normalized spacial score (nSPS) is 13.8. The second-order valence-electron chi connectivity index (χ2n) is 21.2. The van der Waals surface area contributed by atoms with Crippen LogP contribution in [0, 0.1) is 6.92 Å². The molecule has 3 heterocycles. The highest BCUT2D eigenvalue weighted by Crippen LogP contribution is 2.36. The van der Waals surface area contributed by atoms with Crippen LogP contribution in [0.2, 0.25) is 5.02 Å². The summed E-state index contributed by atoms with van der Waals surface area (Å²) in [6, 6.07) is 29.2. The summed E-state index contributed by atoms with van der Waals surface area (Å²) in [7, 11) is 4.14. The Kier molecular flexibility index (Phi) is 25.1.